The Bertz CT molecular complexity index is 560. The van der Waals surface area contributed by atoms with Crippen LogP contribution in [-0.4, -0.2) is 24.0 Å². The largest absolute Gasteiger partial charge is 0.493 e. The van der Waals surface area contributed by atoms with Crippen LogP contribution in [0.2, 0.25) is 0 Å². The third-order valence-corrected chi connectivity index (χ3v) is 2.98. The van der Waals surface area contributed by atoms with Gasteiger partial charge in [-0.15, -0.1) is 0 Å². The number of fused-ring (bicyclic) bond motifs is 1. The van der Waals surface area contributed by atoms with Crippen molar-refractivity contribution in [1.29, 1.82) is 0 Å². The molecule has 0 unspecified atom stereocenters. The Hall–Kier alpha value is -1.97. The molecule has 0 aliphatic rings. The molecule has 2 rings (SSSR count). The standard InChI is InChI=1S/C15H20N2O2/c1-3-9-19-14-6-4-5-13-15(14)12(10-17-13)7-8-16-11(2)18/h4-6,10,17H,3,7-9H2,1-2H3,(H,16,18). The Labute approximate surface area is 113 Å². The zero-order valence-corrected chi connectivity index (χ0v) is 11.5. The van der Waals surface area contributed by atoms with Crippen molar-refractivity contribution in [2.45, 2.75) is 26.7 Å². The number of hydrogen-bond acceptors (Lipinski definition) is 2. The Morgan fingerprint density at radius 2 is 2.26 bits per heavy atom. The predicted octanol–water partition coefficient (Wildman–Crippen LogP) is 2.64. The van der Waals surface area contributed by atoms with Crippen molar-refractivity contribution in [3.05, 3.63) is 30.0 Å². The smallest absolute Gasteiger partial charge is 0.216 e. The van der Waals surface area contributed by atoms with Crippen LogP contribution in [0.25, 0.3) is 10.9 Å². The zero-order chi connectivity index (χ0) is 13.7. The van der Waals surface area contributed by atoms with E-state index in [1.165, 1.54) is 12.5 Å². The SMILES string of the molecule is CCCOc1cccc2[nH]cc(CCNC(C)=O)c12. The predicted molar refractivity (Wildman–Crippen MR) is 76.5 cm³/mol. The molecular formula is C15H20N2O2. The van der Waals surface area contributed by atoms with Crippen molar-refractivity contribution in [2.24, 2.45) is 0 Å². The number of carbonyl (C=O) groups excluding carboxylic acids is 1. The molecule has 102 valence electrons. The van der Waals surface area contributed by atoms with Crippen molar-refractivity contribution in [3.8, 4) is 5.75 Å². The molecule has 0 saturated heterocycles. The summed E-state index contributed by atoms with van der Waals surface area (Å²) in [4.78, 5) is 14.2. The lowest BCUT2D eigenvalue weighted by Crippen LogP contribution is -2.22. The van der Waals surface area contributed by atoms with Crippen molar-refractivity contribution >= 4 is 16.8 Å². The molecule has 1 aromatic carbocycles. The van der Waals surface area contributed by atoms with E-state index in [2.05, 4.69) is 17.2 Å². The lowest BCUT2D eigenvalue weighted by molar-refractivity contribution is -0.118. The van der Waals surface area contributed by atoms with Crippen molar-refractivity contribution < 1.29 is 9.53 Å². The van der Waals surface area contributed by atoms with Crippen LogP contribution >= 0.6 is 0 Å². The summed E-state index contributed by atoms with van der Waals surface area (Å²) in [5.74, 6) is 0.917. The highest BCUT2D eigenvalue weighted by atomic mass is 16.5. The van der Waals surface area contributed by atoms with E-state index in [1.807, 2.05) is 24.4 Å². The Morgan fingerprint density at radius 3 is 3.00 bits per heavy atom. The molecular weight excluding hydrogens is 240 g/mol. The number of ether oxygens (including phenoxy) is 1. The van der Waals surface area contributed by atoms with Gasteiger partial charge in [-0.25, -0.2) is 0 Å². The van der Waals surface area contributed by atoms with E-state index in [-0.39, 0.29) is 5.91 Å². The summed E-state index contributed by atoms with van der Waals surface area (Å²) < 4.78 is 5.79. The van der Waals surface area contributed by atoms with E-state index in [1.54, 1.807) is 0 Å². The lowest BCUT2D eigenvalue weighted by atomic mass is 10.1. The van der Waals surface area contributed by atoms with E-state index in [0.29, 0.717) is 6.54 Å². The summed E-state index contributed by atoms with van der Waals surface area (Å²) in [5.41, 5.74) is 2.25. The first-order valence-electron chi connectivity index (χ1n) is 6.68. The molecule has 1 amide bonds. The minimum atomic E-state index is 0.00213. The van der Waals surface area contributed by atoms with Crippen LogP contribution in [0.1, 0.15) is 25.8 Å². The summed E-state index contributed by atoms with van der Waals surface area (Å²) in [7, 11) is 0. The van der Waals surface area contributed by atoms with Gasteiger partial charge in [-0.2, -0.15) is 0 Å². The molecule has 0 spiro atoms. The Kier molecular flexibility index (Phi) is 4.44. The van der Waals surface area contributed by atoms with Gasteiger partial charge in [0.25, 0.3) is 0 Å². The van der Waals surface area contributed by atoms with Crippen LogP contribution in [0.5, 0.6) is 5.75 Å². The van der Waals surface area contributed by atoms with E-state index in [9.17, 15) is 4.79 Å². The minimum Gasteiger partial charge on any atom is -0.493 e. The number of carbonyl (C=O) groups is 1. The van der Waals surface area contributed by atoms with Crippen molar-refractivity contribution in [2.75, 3.05) is 13.2 Å². The van der Waals surface area contributed by atoms with Crippen molar-refractivity contribution in [1.82, 2.24) is 10.3 Å². The summed E-state index contributed by atoms with van der Waals surface area (Å²) in [6.45, 7) is 4.99. The quantitative estimate of drug-likeness (QED) is 0.839. The van der Waals surface area contributed by atoms with Gasteiger partial charge in [0.15, 0.2) is 0 Å². The van der Waals surface area contributed by atoms with Crippen LogP contribution < -0.4 is 10.1 Å². The van der Waals surface area contributed by atoms with Gasteiger partial charge in [-0.3, -0.25) is 4.79 Å². The second kappa shape index (κ2) is 6.27. The van der Waals surface area contributed by atoms with Gasteiger partial charge < -0.3 is 15.0 Å². The van der Waals surface area contributed by atoms with E-state index < -0.39 is 0 Å². The monoisotopic (exact) mass is 260 g/mol. The Balaban J connectivity index is 2.20. The third kappa shape index (κ3) is 3.28. The maximum atomic E-state index is 10.9. The fraction of sp³-hybridized carbons (Fsp3) is 0.400. The molecule has 0 atom stereocenters. The summed E-state index contributed by atoms with van der Waals surface area (Å²) in [6, 6.07) is 6.02. The summed E-state index contributed by atoms with van der Waals surface area (Å²) in [5, 5.41) is 3.94. The summed E-state index contributed by atoms with van der Waals surface area (Å²) in [6.07, 6.45) is 3.78. The number of rotatable bonds is 6. The fourth-order valence-corrected chi connectivity index (χ4v) is 2.12. The Morgan fingerprint density at radius 1 is 1.42 bits per heavy atom. The van der Waals surface area contributed by atoms with Gasteiger partial charge in [0, 0.05) is 30.6 Å². The summed E-state index contributed by atoms with van der Waals surface area (Å²) >= 11 is 0. The molecule has 0 saturated carbocycles. The average molecular weight is 260 g/mol. The first-order chi connectivity index (χ1) is 9.22. The molecule has 1 heterocycles. The minimum absolute atomic E-state index is 0.00213. The molecule has 0 fully saturated rings. The number of H-pyrrole nitrogens is 1. The highest BCUT2D eigenvalue weighted by Crippen LogP contribution is 2.29. The molecule has 0 bridgehead atoms. The lowest BCUT2D eigenvalue weighted by Gasteiger charge is -2.08. The topological polar surface area (TPSA) is 54.1 Å². The van der Waals surface area contributed by atoms with Gasteiger partial charge >= 0.3 is 0 Å². The van der Waals surface area contributed by atoms with Crippen LogP contribution in [-0.2, 0) is 11.2 Å². The zero-order valence-electron chi connectivity index (χ0n) is 11.5. The maximum absolute atomic E-state index is 10.9. The van der Waals surface area contributed by atoms with Crippen molar-refractivity contribution in [3.63, 3.8) is 0 Å². The molecule has 0 aliphatic carbocycles. The molecule has 1 aromatic heterocycles. The van der Waals surface area contributed by atoms with Gasteiger partial charge in [0.1, 0.15) is 5.75 Å². The molecule has 4 heteroatoms. The number of nitrogens with one attached hydrogen (secondary N) is 2. The first-order valence-corrected chi connectivity index (χ1v) is 6.68. The number of hydrogen-bond donors (Lipinski definition) is 2. The molecule has 2 aromatic rings. The van der Waals surface area contributed by atoms with Crippen LogP contribution in [0.15, 0.2) is 24.4 Å². The third-order valence-electron chi connectivity index (χ3n) is 2.98. The van der Waals surface area contributed by atoms with Crippen LogP contribution in [0.4, 0.5) is 0 Å². The molecule has 2 N–H and O–H groups in total. The highest BCUT2D eigenvalue weighted by molar-refractivity contribution is 5.89. The second-order valence-corrected chi connectivity index (χ2v) is 4.57. The number of aromatic nitrogens is 1. The second-order valence-electron chi connectivity index (χ2n) is 4.57. The average Bonchev–Trinajstić information content (AvgIpc) is 2.80. The molecule has 0 aliphatic heterocycles. The number of aromatic amines is 1. The van der Waals surface area contributed by atoms with Gasteiger partial charge in [0.05, 0.1) is 6.61 Å². The molecule has 0 radical (unpaired) electrons. The maximum Gasteiger partial charge on any atom is 0.216 e. The van der Waals surface area contributed by atoms with E-state index in [4.69, 9.17) is 4.74 Å². The van der Waals surface area contributed by atoms with E-state index >= 15 is 0 Å². The molecule has 4 nitrogen and oxygen atoms in total. The highest BCUT2D eigenvalue weighted by Gasteiger charge is 2.09. The van der Waals surface area contributed by atoms with Crippen LogP contribution in [0, 0.1) is 0 Å². The number of benzene rings is 1. The van der Waals surface area contributed by atoms with Gasteiger partial charge in [-0.05, 0) is 30.5 Å². The fourth-order valence-electron chi connectivity index (χ4n) is 2.12. The molecule has 19 heavy (non-hydrogen) atoms. The first kappa shape index (κ1) is 13.5. The van der Waals surface area contributed by atoms with E-state index in [0.717, 1.165) is 36.1 Å². The van der Waals surface area contributed by atoms with Crippen LogP contribution in [0.3, 0.4) is 0 Å². The van der Waals surface area contributed by atoms with Gasteiger partial charge in [-0.1, -0.05) is 13.0 Å². The normalized spacial score (nSPS) is 10.6. The van der Waals surface area contributed by atoms with Gasteiger partial charge in [0.2, 0.25) is 5.91 Å². The number of amides is 1.